The van der Waals surface area contributed by atoms with Gasteiger partial charge in [0.25, 0.3) is 0 Å². The van der Waals surface area contributed by atoms with Crippen LogP contribution < -0.4 is 16.0 Å². The van der Waals surface area contributed by atoms with Crippen molar-refractivity contribution in [3.63, 3.8) is 0 Å². The van der Waals surface area contributed by atoms with Crippen LogP contribution in [-0.2, 0) is 0 Å². The van der Waals surface area contributed by atoms with Crippen LogP contribution in [0, 0.1) is 6.92 Å². The molecule has 4 heterocycles. The molecule has 5 rings (SSSR count). The number of anilines is 5. The summed E-state index contributed by atoms with van der Waals surface area (Å²) >= 11 is 0. The minimum absolute atomic E-state index is 0.0766. The number of piperazine rings is 1. The molecule has 11 nitrogen and oxygen atoms in total. The number of aryl methyl sites for hydroxylation is 1. The second kappa shape index (κ2) is 11.8. The Morgan fingerprint density at radius 1 is 0.795 bits per heavy atom. The predicted molar refractivity (Wildman–Crippen MR) is 152 cm³/mol. The molecule has 1 fully saturated rings. The Hall–Kier alpha value is -4.64. The summed E-state index contributed by atoms with van der Waals surface area (Å²) in [6.45, 7) is 9.53. The summed E-state index contributed by atoms with van der Waals surface area (Å²) < 4.78 is 0. The van der Waals surface area contributed by atoms with Gasteiger partial charge in [0.05, 0.1) is 0 Å². The topological polar surface area (TPSA) is 124 Å². The zero-order valence-corrected chi connectivity index (χ0v) is 22.3. The maximum Gasteiger partial charge on any atom is 0.321 e. The number of urea groups is 1. The molecule has 1 saturated heterocycles. The van der Waals surface area contributed by atoms with E-state index in [4.69, 9.17) is 0 Å². The summed E-state index contributed by atoms with van der Waals surface area (Å²) in [5, 5.41) is 9.39. The molecule has 0 bridgehead atoms. The fourth-order valence-electron chi connectivity index (χ4n) is 4.25. The zero-order chi connectivity index (χ0) is 27.2. The van der Waals surface area contributed by atoms with E-state index in [1.54, 1.807) is 24.5 Å². The second-order valence-corrected chi connectivity index (χ2v) is 9.57. The van der Waals surface area contributed by atoms with Gasteiger partial charge in [-0.2, -0.15) is 4.98 Å². The Balaban J connectivity index is 1.18. The average Bonchev–Trinajstić information content (AvgIpc) is 2.94. The third-order valence-corrected chi connectivity index (χ3v) is 6.41. The molecule has 3 N–H and O–H groups in total. The molecule has 0 unspecified atom stereocenters. The van der Waals surface area contributed by atoms with Crippen LogP contribution in [0.15, 0.2) is 67.0 Å². The Labute approximate surface area is 227 Å². The van der Waals surface area contributed by atoms with Gasteiger partial charge in [-0.05, 0) is 69.3 Å². The number of pyridine rings is 1. The lowest BCUT2D eigenvalue weighted by Gasteiger charge is -2.36. The first-order valence-electron chi connectivity index (χ1n) is 13.0. The molecule has 0 spiro atoms. The molecule has 1 aliphatic heterocycles. The molecule has 200 valence electrons. The van der Waals surface area contributed by atoms with Crippen LogP contribution in [0.3, 0.4) is 0 Å². The van der Waals surface area contributed by atoms with Crippen molar-refractivity contribution in [2.75, 3.05) is 42.1 Å². The van der Waals surface area contributed by atoms with E-state index in [0.29, 0.717) is 35.1 Å². The van der Waals surface area contributed by atoms with E-state index < -0.39 is 0 Å². The minimum Gasteiger partial charge on any atom is -0.325 e. The van der Waals surface area contributed by atoms with Crippen molar-refractivity contribution in [3.8, 4) is 11.5 Å². The summed E-state index contributed by atoms with van der Waals surface area (Å²) in [5.74, 6) is 2.13. The highest BCUT2D eigenvalue weighted by Crippen LogP contribution is 2.20. The van der Waals surface area contributed by atoms with Crippen LogP contribution in [-0.4, -0.2) is 73.0 Å². The van der Waals surface area contributed by atoms with Gasteiger partial charge in [-0.1, -0.05) is 6.07 Å². The van der Waals surface area contributed by atoms with Crippen LogP contribution in [0.25, 0.3) is 11.5 Å². The van der Waals surface area contributed by atoms with E-state index in [9.17, 15) is 4.79 Å². The molecule has 1 aromatic carbocycles. The lowest BCUT2D eigenvalue weighted by atomic mass is 10.2. The Kier molecular flexibility index (Phi) is 7.88. The van der Waals surface area contributed by atoms with Crippen LogP contribution in [0.5, 0.6) is 0 Å². The van der Waals surface area contributed by atoms with Crippen molar-refractivity contribution in [1.82, 2.24) is 34.7 Å². The third kappa shape index (κ3) is 6.82. The number of carbonyl (C=O) groups excluding carboxylic acids is 1. The van der Waals surface area contributed by atoms with E-state index in [1.807, 2.05) is 54.3 Å². The van der Waals surface area contributed by atoms with Crippen LogP contribution >= 0.6 is 0 Å². The van der Waals surface area contributed by atoms with Crippen molar-refractivity contribution in [3.05, 3.63) is 72.7 Å². The molecular formula is C28H32N10O. The molecule has 1 aliphatic rings. The maximum atomic E-state index is 12.7. The summed E-state index contributed by atoms with van der Waals surface area (Å²) in [4.78, 5) is 39.2. The second-order valence-electron chi connectivity index (χ2n) is 9.57. The number of nitrogens with zero attached hydrogens (tertiary/aromatic N) is 7. The molecular weight excluding hydrogens is 492 g/mol. The van der Waals surface area contributed by atoms with E-state index in [-0.39, 0.29) is 6.03 Å². The highest BCUT2D eigenvalue weighted by Gasteiger charge is 2.22. The van der Waals surface area contributed by atoms with Crippen molar-refractivity contribution < 1.29 is 4.79 Å². The first kappa shape index (κ1) is 26.0. The van der Waals surface area contributed by atoms with Gasteiger partial charge in [0.2, 0.25) is 5.95 Å². The monoisotopic (exact) mass is 524 g/mol. The summed E-state index contributed by atoms with van der Waals surface area (Å²) in [7, 11) is 0. The number of nitrogens with one attached hydrogen (secondary N) is 3. The largest absolute Gasteiger partial charge is 0.325 e. The average molecular weight is 525 g/mol. The van der Waals surface area contributed by atoms with Gasteiger partial charge in [-0.25, -0.2) is 24.7 Å². The number of hydrogen-bond donors (Lipinski definition) is 3. The SMILES string of the molecule is Cc1cccc(-c2nccc(Nc3ccnc(Nc4ccc(NC(=O)N5CCN(C(C)C)CC5)cc4)n3)n2)n1. The Morgan fingerprint density at radius 2 is 1.49 bits per heavy atom. The van der Waals surface area contributed by atoms with E-state index >= 15 is 0 Å². The normalized spacial score (nSPS) is 13.8. The van der Waals surface area contributed by atoms with Gasteiger partial charge in [0.15, 0.2) is 5.82 Å². The third-order valence-electron chi connectivity index (χ3n) is 6.41. The molecule has 0 atom stereocenters. The number of benzene rings is 1. The van der Waals surface area contributed by atoms with Crippen molar-refractivity contribution in [2.45, 2.75) is 26.8 Å². The molecule has 11 heteroatoms. The zero-order valence-electron chi connectivity index (χ0n) is 22.3. The molecule has 2 amide bonds. The quantitative estimate of drug-likeness (QED) is 0.316. The maximum absolute atomic E-state index is 12.7. The number of carbonyl (C=O) groups is 1. The van der Waals surface area contributed by atoms with Gasteiger partial charge in [-0.15, -0.1) is 0 Å². The van der Waals surface area contributed by atoms with Crippen LogP contribution in [0.2, 0.25) is 0 Å². The van der Waals surface area contributed by atoms with Gasteiger partial charge >= 0.3 is 6.03 Å². The van der Waals surface area contributed by atoms with Crippen LogP contribution in [0.1, 0.15) is 19.5 Å². The summed E-state index contributed by atoms with van der Waals surface area (Å²) in [5.41, 5.74) is 3.13. The molecule has 0 saturated carbocycles. The number of hydrogen-bond acceptors (Lipinski definition) is 9. The number of amides is 2. The highest BCUT2D eigenvalue weighted by molar-refractivity contribution is 5.89. The summed E-state index contributed by atoms with van der Waals surface area (Å²) in [6.07, 6.45) is 3.34. The lowest BCUT2D eigenvalue weighted by Crippen LogP contribution is -2.51. The van der Waals surface area contributed by atoms with Gasteiger partial charge in [-0.3, -0.25) is 4.90 Å². The van der Waals surface area contributed by atoms with Crippen LogP contribution in [0.4, 0.5) is 33.8 Å². The Bertz CT molecular complexity index is 1420. The van der Waals surface area contributed by atoms with Gasteiger partial charge < -0.3 is 20.9 Å². The standard InChI is InChI=1S/C28H32N10O/c1-19(2)37-15-17-38(18-16-37)28(39)33-22-9-7-21(8-10-22)32-27-30-14-12-25(36-27)34-24-11-13-29-26(35-24)23-6-4-5-20(3)31-23/h4-14,19H,15-18H2,1-3H3,(H,33,39)(H2,29,30,32,34,35,36). The van der Waals surface area contributed by atoms with Gasteiger partial charge in [0, 0.05) is 61.7 Å². The first-order chi connectivity index (χ1) is 18.9. The molecule has 4 aromatic rings. The molecule has 3 aromatic heterocycles. The fourth-order valence-corrected chi connectivity index (χ4v) is 4.25. The van der Waals surface area contributed by atoms with E-state index in [0.717, 1.165) is 43.2 Å². The Morgan fingerprint density at radius 3 is 2.21 bits per heavy atom. The highest BCUT2D eigenvalue weighted by atomic mass is 16.2. The first-order valence-corrected chi connectivity index (χ1v) is 13.0. The lowest BCUT2D eigenvalue weighted by molar-refractivity contribution is 0.125. The van der Waals surface area contributed by atoms with Crippen molar-refractivity contribution in [2.24, 2.45) is 0 Å². The predicted octanol–water partition coefficient (Wildman–Crippen LogP) is 4.68. The van der Waals surface area contributed by atoms with E-state index in [2.05, 4.69) is 59.6 Å². The van der Waals surface area contributed by atoms with E-state index in [1.165, 1.54) is 0 Å². The van der Waals surface area contributed by atoms with Crippen molar-refractivity contribution in [1.29, 1.82) is 0 Å². The fraction of sp³-hybridized carbons (Fsp3) is 0.286. The molecule has 39 heavy (non-hydrogen) atoms. The van der Waals surface area contributed by atoms with Crippen molar-refractivity contribution >= 4 is 35.0 Å². The number of aromatic nitrogens is 5. The smallest absolute Gasteiger partial charge is 0.321 e. The minimum atomic E-state index is -0.0766. The molecule has 0 radical (unpaired) electrons. The van der Waals surface area contributed by atoms with Gasteiger partial charge in [0.1, 0.15) is 17.3 Å². The molecule has 0 aliphatic carbocycles. The summed E-state index contributed by atoms with van der Waals surface area (Å²) in [6, 6.07) is 17.2. The number of rotatable bonds is 7.